The Kier molecular flexibility index (Phi) is 5.97. The molecule has 6 nitrogen and oxygen atoms in total. The van der Waals surface area contributed by atoms with E-state index in [9.17, 15) is 0 Å². The third-order valence-corrected chi connectivity index (χ3v) is 6.02. The van der Waals surface area contributed by atoms with Crippen molar-refractivity contribution in [1.82, 2.24) is 25.2 Å². The van der Waals surface area contributed by atoms with Crippen LogP contribution < -0.4 is 10.6 Å². The second kappa shape index (κ2) is 8.62. The Bertz CT molecular complexity index is 771. The smallest absolute Gasteiger partial charge is 0.156 e. The predicted molar refractivity (Wildman–Crippen MR) is 115 cm³/mol. The van der Waals surface area contributed by atoms with Crippen molar-refractivity contribution in [2.24, 2.45) is 0 Å². The van der Waals surface area contributed by atoms with E-state index in [0.717, 1.165) is 36.1 Å². The summed E-state index contributed by atoms with van der Waals surface area (Å²) in [4.78, 5) is 15.5. The molecule has 1 aliphatic heterocycles. The molecule has 0 unspecified atom stereocenters. The fourth-order valence-corrected chi connectivity index (χ4v) is 4.12. The van der Waals surface area contributed by atoms with Gasteiger partial charge in [0, 0.05) is 36.8 Å². The summed E-state index contributed by atoms with van der Waals surface area (Å²) in [5.41, 5.74) is 3.32. The minimum atomic E-state index is 0.642. The average molecular weight is 383 g/mol. The quantitative estimate of drug-likeness (QED) is 0.610. The number of nitrogens with one attached hydrogen (secondary N) is 3. The maximum atomic E-state index is 4.75. The molecule has 0 spiro atoms. The minimum absolute atomic E-state index is 0.642. The summed E-state index contributed by atoms with van der Waals surface area (Å²) in [6.45, 7) is 10.9. The van der Waals surface area contributed by atoms with Crippen LogP contribution in [0.5, 0.6) is 0 Å². The number of anilines is 1. The summed E-state index contributed by atoms with van der Waals surface area (Å²) in [6, 6.07) is 7.42. The van der Waals surface area contributed by atoms with Crippen molar-refractivity contribution < 1.29 is 0 Å². The van der Waals surface area contributed by atoms with Gasteiger partial charge in [-0.05, 0) is 71.7 Å². The van der Waals surface area contributed by atoms with Gasteiger partial charge in [0.2, 0.25) is 0 Å². The van der Waals surface area contributed by atoms with Gasteiger partial charge in [-0.2, -0.15) is 0 Å². The van der Waals surface area contributed by atoms with Gasteiger partial charge in [0.1, 0.15) is 11.5 Å². The SMILES string of the molecule is Cc1nc(-c2cccc(NCCNC3CCN(C(C)C)CC3)n2)[nH]c1C1CC1. The number of piperidine rings is 1. The zero-order chi connectivity index (χ0) is 19.5. The van der Waals surface area contributed by atoms with E-state index in [-0.39, 0.29) is 0 Å². The van der Waals surface area contributed by atoms with Crippen molar-refractivity contribution in [2.45, 2.75) is 64.5 Å². The highest BCUT2D eigenvalue weighted by molar-refractivity contribution is 5.54. The van der Waals surface area contributed by atoms with Crippen LogP contribution in [0.4, 0.5) is 5.82 Å². The number of hydrogen-bond acceptors (Lipinski definition) is 5. The highest BCUT2D eigenvalue weighted by Gasteiger charge is 2.28. The van der Waals surface area contributed by atoms with Gasteiger partial charge in [0.25, 0.3) is 0 Å². The minimum Gasteiger partial charge on any atom is -0.369 e. The fraction of sp³-hybridized carbons (Fsp3) is 0.636. The van der Waals surface area contributed by atoms with Crippen LogP contribution in [0, 0.1) is 6.92 Å². The van der Waals surface area contributed by atoms with Crippen molar-refractivity contribution >= 4 is 5.82 Å². The highest BCUT2D eigenvalue weighted by Crippen LogP contribution is 2.41. The molecule has 2 aromatic heterocycles. The lowest BCUT2D eigenvalue weighted by Gasteiger charge is -2.35. The van der Waals surface area contributed by atoms with Crippen molar-refractivity contribution in [2.75, 3.05) is 31.5 Å². The number of aryl methyl sites for hydroxylation is 1. The zero-order valence-corrected chi connectivity index (χ0v) is 17.5. The molecule has 2 fully saturated rings. The first-order chi connectivity index (χ1) is 13.6. The van der Waals surface area contributed by atoms with E-state index >= 15 is 0 Å². The van der Waals surface area contributed by atoms with Crippen LogP contribution in [0.2, 0.25) is 0 Å². The number of H-pyrrole nitrogens is 1. The molecule has 0 amide bonds. The van der Waals surface area contributed by atoms with Crippen molar-refractivity contribution in [3.63, 3.8) is 0 Å². The zero-order valence-electron chi connectivity index (χ0n) is 17.5. The van der Waals surface area contributed by atoms with Crippen molar-refractivity contribution in [3.05, 3.63) is 29.6 Å². The second-order valence-electron chi connectivity index (χ2n) is 8.55. The first-order valence-electron chi connectivity index (χ1n) is 10.9. The van der Waals surface area contributed by atoms with E-state index in [1.165, 1.54) is 44.5 Å². The number of likely N-dealkylation sites (tertiary alicyclic amines) is 1. The fourth-order valence-electron chi connectivity index (χ4n) is 4.12. The summed E-state index contributed by atoms with van der Waals surface area (Å²) >= 11 is 0. The Morgan fingerprint density at radius 2 is 1.89 bits per heavy atom. The predicted octanol–water partition coefficient (Wildman–Crippen LogP) is 3.53. The third-order valence-electron chi connectivity index (χ3n) is 6.02. The average Bonchev–Trinajstić information content (AvgIpc) is 3.47. The summed E-state index contributed by atoms with van der Waals surface area (Å²) in [6.07, 6.45) is 5.04. The van der Waals surface area contributed by atoms with Crippen LogP contribution in [0.1, 0.15) is 56.8 Å². The van der Waals surface area contributed by atoms with Gasteiger partial charge in [-0.1, -0.05) is 6.07 Å². The number of aromatic amines is 1. The Balaban J connectivity index is 1.25. The molecule has 1 saturated heterocycles. The Labute approximate surface area is 168 Å². The molecule has 2 aromatic rings. The van der Waals surface area contributed by atoms with Crippen LogP contribution in [0.3, 0.4) is 0 Å². The van der Waals surface area contributed by atoms with Gasteiger partial charge in [0.05, 0.1) is 5.69 Å². The Hall–Kier alpha value is -1.92. The lowest BCUT2D eigenvalue weighted by atomic mass is 10.0. The molecule has 4 rings (SSSR count). The van der Waals surface area contributed by atoms with E-state index in [2.05, 4.69) is 41.3 Å². The molecule has 6 heteroatoms. The van der Waals surface area contributed by atoms with E-state index < -0.39 is 0 Å². The van der Waals surface area contributed by atoms with Gasteiger partial charge in [-0.15, -0.1) is 0 Å². The standard InChI is InChI=1S/C22H34N6/c1-15(2)28-13-9-18(10-14-28)23-11-12-24-20-6-4-5-19(26-20)22-25-16(3)21(27-22)17-7-8-17/h4-6,15,17-18,23H,7-14H2,1-3H3,(H,24,26)(H,25,27). The van der Waals surface area contributed by atoms with Crippen molar-refractivity contribution in [1.29, 1.82) is 0 Å². The molecule has 0 aromatic carbocycles. The number of aromatic nitrogens is 3. The second-order valence-corrected chi connectivity index (χ2v) is 8.55. The lowest BCUT2D eigenvalue weighted by Crippen LogP contribution is -2.45. The molecule has 3 N–H and O–H groups in total. The third kappa shape index (κ3) is 4.73. The van der Waals surface area contributed by atoms with Crippen LogP contribution >= 0.6 is 0 Å². The molecular weight excluding hydrogens is 348 g/mol. The van der Waals surface area contributed by atoms with Crippen LogP contribution in [0.15, 0.2) is 18.2 Å². The molecule has 152 valence electrons. The van der Waals surface area contributed by atoms with E-state index in [0.29, 0.717) is 18.0 Å². The van der Waals surface area contributed by atoms with E-state index in [1.54, 1.807) is 0 Å². The van der Waals surface area contributed by atoms with Crippen LogP contribution in [-0.4, -0.2) is 58.1 Å². The number of rotatable bonds is 8. The molecule has 1 saturated carbocycles. The molecule has 1 aliphatic carbocycles. The molecule has 3 heterocycles. The monoisotopic (exact) mass is 382 g/mol. The molecule has 2 aliphatic rings. The van der Waals surface area contributed by atoms with Gasteiger partial charge in [-0.3, -0.25) is 0 Å². The maximum Gasteiger partial charge on any atom is 0.156 e. The number of pyridine rings is 1. The van der Waals surface area contributed by atoms with E-state index in [4.69, 9.17) is 9.97 Å². The number of hydrogen-bond donors (Lipinski definition) is 3. The summed E-state index contributed by atoms with van der Waals surface area (Å²) in [5, 5.41) is 7.14. The largest absolute Gasteiger partial charge is 0.369 e. The van der Waals surface area contributed by atoms with Gasteiger partial charge >= 0.3 is 0 Å². The topological polar surface area (TPSA) is 68.9 Å². The number of nitrogens with zero attached hydrogens (tertiary/aromatic N) is 3. The maximum absolute atomic E-state index is 4.75. The lowest BCUT2D eigenvalue weighted by molar-refractivity contribution is 0.162. The van der Waals surface area contributed by atoms with Gasteiger partial charge in [0.15, 0.2) is 5.82 Å². The van der Waals surface area contributed by atoms with Gasteiger partial charge in [-0.25, -0.2) is 9.97 Å². The molecule has 0 radical (unpaired) electrons. The Morgan fingerprint density at radius 1 is 1.11 bits per heavy atom. The summed E-state index contributed by atoms with van der Waals surface area (Å²) < 4.78 is 0. The molecular formula is C22H34N6. The molecule has 0 atom stereocenters. The van der Waals surface area contributed by atoms with E-state index in [1.807, 2.05) is 18.2 Å². The normalized spacial score (nSPS) is 18.7. The Morgan fingerprint density at radius 3 is 2.61 bits per heavy atom. The summed E-state index contributed by atoms with van der Waals surface area (Å²) in [5.74, 6) is 2.48. The van der Waals surface area contributed by atoms with Crippen LogP contribution in [0.25, 0.3) is 11.5 Å². The van der Waals surface area contributed by atoms with Gasteiger partial charge < -0.3 is 20.5 Å². The van der Waals surface area contributed by atoms with Crippen LogP contribution in [-0.2, 0) is 0 Å². The molecule has 0 bridgehead atoms. The highest BCUT2D eigenvalue weighted by atomic mass is 15.2. The summed E-state index contributed by atoms with van der Waals surface area (Å²) in [7, 11) is 0. The molecule has 28 heavy (non-hydrogen) atoms. The number of imidazole rings is 1. The first-order valence-corrected chi connectivity index (χ1v) is 10.9. The first kappa shape index (κ1) is 19.4. The van der Waals surface area contributed by atoms with Crippen molar-refractivity contribution in [3.8, 4) is 11.5 Å².